The molecule has 0 unspecified atom stereocenters. The van der Waals surface area contributed by atoms with Gasteiger partial charge < -0.3 is 18.9 Å². The van der Waals surface area contributed by atoms with Crippen LogP contribution in [-0.4, -0.2) is 28.4 Å². The quantitative estimate of drug-likeness (QED) is 0.718. The third-order valence-electron chi connectivity index (χ3n) is 3.68. The van der Waals surface area contributed by atoms with E-state index in [0.717, 1.165) is 28.6 Å². The van der Waals surface area contributed by atoms with E-state index < -0.39 is 0 Å². The number of hydrogen-bond acceptors (Lipinski definition) is 4. The molecule has 0 heterocycles. The molecule has 2 aromatic rings. The number of benzene rings is 2. The van der Waals surface area contributed by atoms with Crippen LogP contribution in [0.15, 0.2) is 34.8 Å². The van der Waals surface area contributed by atoms with Gasteiger partial charge in [-0.25, -0.2) is 0 Å². The molecule has 0 fully saturated rings. The molecule has 0 aromatic heterocycles. The van der Waals surface area contributed by atoms with Gasteiger partial charge in [0.1, 0.15) is 5.75 Å². The summed E-state index contributed by atoms with van der Waals surface area (Å²) in [6.07, 6.45) is 1.72. The van der Waals surface area contributed by atoms with E-state index in [-0.39, 0.29) is 0 Å². The van der Waals surface area contributed by atoms with Crippen molar-refractivity contribution in [3.8, 4) is 23.0 Å². The predicted octanol–water partition coefficient (Wildman–Crippen LogP) is 4.27. The molecule has 0 spiro atoms. The molecule has 0 saturated carbocycles. The molecule has 0 N–H and O–H groups in total. The lowest BCUT2D eigenvalue weighted by Gasteiger charge is -2.17. The van der Waals surface area contributed by atoms with Gasteiger partial charge >= 0.3 is 0 Å². The van der Waals surface area contributed by atoms with Crippen molar-refractivity contribution in [1.82, 2.24) is 0 Å². The summed E-state index contributed by atoms with van der Waals surface area (Å²) in [7, 11) is 6.53. The topological polar surface area (TPSA) is 36.9 Å². The monoisotopic (exact) mass is 380 g/mol. The van der Waals surface area contributed by atoms with Gasteiger partial charge in [0, 0.05) is 0 Å². The van der Waals surface area contributed by atoms with Gasteiger partial charge in [0.2, 0.25) is 5.75 Å². The Labute approximate surface area is 145 Å². The third kappa shape index (κ3) is 3.91. The Morgan fingerprint density at radius 1 is 0.739 bits per heavy atom. The molecule has 0 amide bonds. The normalized spacial score (nSPS) is 10.3. The van der Waals surface area contributed by atoms with Crippen LogP contribution in [0.5, 0.6) is 23.0 Å². The average Bonchev–Trinajstić information content (AvgIpc) is 2.59. The lowest BCUT2D eigenvalue weighted by Crippen LogP contribution is -2.01. The van der Waals surface area contributed by atoms with E-state index in [4.69, 9.17) is 18.9 Å². The number of rotatable bonds is 7. The Morgan fingerprint density at radius 2 is 1.35 bits per heavy atom. The standard InChI is InChI=1S/C18H21BrO4/c1-20-14-9-6-12(7-10-14)5-8-13-11-15(19)17(22-3)18(23-4)16(13)21-2/h6-7,9-11H,5,8H2,1-4H3. The van der Waals surface area contributed by atoms with Gasteiger partial charge in [0.05, 0.1) is 32.9 Å². The van der Waals surface area contributed by atoms with Gasteiger partial charge in [0.15, 0.2) is 11.5 Å². The molecule has 0 saturated heterocycles. The van der Waals surface area contributed by atoms with Crippen LogP contribution in [0, 0.1) is 0 Å². The van der Waals surface area contributed by atoms with Crippen molar-refractivity contribution < 1.29 is 18.9 Å². The molecule has 4 nitrogen and oxygen atoms in total. The zero-order valence-corrected chi connectivity index (χ0v) is 15.4. The van der Waals surface area contributed by atoms with Crippen molar-refractivity contribution in [3.05, 3.63) is 45.9 Å². The first kappa shape index (κ1) is 17.5. The zero-order valence-electron chi connectivity index (χ0n) is 13.8. The molecule has 0 aliphatic heterocycles. The molecule has 23 heavy (non-hydrogen) atoms. The Morgan fingerprint density at radius 3 is 1.87 bits per heavy atom. The van der Waals surface area contributed by atoms with E-state index in [1.807, 2.05) is 18.2 Å². The van der Waals surface area contributed by atoms with Crippen molar-refractivity contribution in [2.75, 3.05) is 28.4 Å². The summed E-state index contributed by atoms with van der Waals surface area (Å²) in [5, 5.41) is 0. The van der Waals surface area contributed by atoms with Crippen LogP contribution in [0.4, 0.5) is 0 Å². The molecule has 0 aliphatic carbocycles. The smallest absolute Gasteiger partial charge is 0.204 e. The van der Waals surface area contributed by atoms with Gasteiger partial charge in [0.25, 0.3) is 0 Å². The SMILES string of the molecule is COc1ccc(CCc2cc(Br)c(OC)c(OC)c2OC)cc1. The number of aryl methyl sites for hydroxylation is 2. The molecule has 2 aromatic carbocycles. The molecule has 124 valence electrons. The van der Waals surface area contributed by atoms with Gasteiger partial charge in [-0.05, 0) is 58.1 Å². The van der Waals surface area contributed by atoms with Gasteiger partial charge in [-0.15, -0.1) is 0 Å². The van der Waals surface area contributed by atoms with Crippen LogP contribution in [0.2, 0.25) is 0 Å². The summed E-state index contributed by atoms with van der Waals surface area (Å²) >= 11 is 3.53. The van der Waals surface area contributed by atoms with E-state index in [2.05, 4.69) is 28.1 Å². The maximum atomic E-state index is 5.54. The first-order valence-corrected chi connectivity index (χ1v) is 8.04. The summed E-state index contributed by atoms with van der Waals surface area (Å²) in [5.41, 5.74) is 2.30. The highest BCUT2D eigenvalue weighted by Crippen LogP contribution is 2.45. The second-order valence-electron chi connectivity index (χ2n) is 4.97. The minimum Gasteiger partial charge on any atom is -0.497 e. The minimum atomic E-state index is 0.606. The predicted molar refractivity (Wildman–Crippen MR) is 94.2 cm³/mol. The average molecular weight is 381 g/mol. The number of ether oxygens (including phenoxy) is 4. The van der Waals surface area contributed by atoms with E-state index in [0.29, 0.717) is 17.2 Å². The summed E-state index contributed by atoms with van der Waals surface area (Å²) in [5.74, 6) is 2.81. The first-order chi connectivity index (χ1) is 11.1. The van der Waals surface area contributed by atoms with Crippen LogP contribution < -0.4 is 18.9 Å². The highest BCUT2D eigenvalue weighted by molar-refractivity contribution is 9.10. The summed E-state index contributed by atoms with van der Waals surface area (Å²) in [6, 6.07) is 10.1. The molecule has 0 radical (unpaired) electrons. The zero-order chi connectivity index (χ0) is 16.8. The van der Waals surface area contributed by atoms with Crippen LogP contribution in [-0.2, 0) is 12.8 Å². The maximum Gasteiger partial charge on any atom is 0.204 e. The number of methoxy groups -OCH3 is 4. The Kier molecular flexibility index (Phi) is 6.16. The van der Waals surface area contributed by atoms with Crippen molar-refractivity contribution in [2.24, 2.45) is 0 Å². The molecular formula is C18H21BrO4. The summed E-state index contributed by atoms with van der Waals surface area (Å²) in [4.78, 5) is 0. The fraction of sp³-hybridized carbons (Fsp3) is 0.333. The Bertz CT molecular complexity index is 653. The summed E-state index contributed by atoms with van der Waals surface area (Å²) < 4.78 is 22.4. The minimum absolute atomic E-state index is 0.606. The van der Waals surface area contributed by atoms with E-state index in [1.165, 1.54) is 5.56 Å². The second-order valence-corrected chi connectivity index (χ2v) is 5.82. The molecule has 0 aliphatic rings. The van der Waals surface area contributed by atoms with E-state index in [9.17, 15) is 0 Å². The second kappa shape index (κ2) is 8.11. The first-order valence-electron chi connectivity index (χ1n) is 7.24. The van der Waals surface area contributed by atoms with Crippen molar-refractivity contribution in [3.63, 3.8) is 0 Å². The van der Waals surface area contributed by atoms with Crippen molar-refractivity contribution in [2.45, 2.75) is 12.8 Å². The molecule has 5 heteroatoms. The van der Waals surface area contributed by atoms with Gasteiger partial charge in [-0.3, -0.25) is 0 Å². The van der Waals surface area contributed by atoms with Crippen LogP contribution in [0.1, 0.15) is 11.1 Å². The van der Waals surface area contributed by atoms with Gasteiger partial charge in [-0.1, -0.05) is 12.1 Å². The lowest BCUT2D eigenvalue weighted by atomic mass is 10.0. The highest BCUT2D eigenvalue weighted by Gasteiger charge is 2.19. The maximum absolute atomic E-state index is 5.54. The fourth-order valence-corrected chi connectivity index (χ4v) is 3.12. The van der Waals surface area contributed by atoms with Crippen LogP contribution in [0.25, 0.3) is 0 Å². The van der Waals surface area contributed by atoms with Crippen molar-refractivity contribution in [1.29, 1.82) is 0 Å². The Hall–Kier alpha value is -1.88. The van der Waals surface area contributed by atoms with Crippen molar-refractivity contribution >= 4 is 15.9 Å². The fourth-order valence-electron chi connectivity index (χ4n) is 2.50. The van der Waals surface area contributed by atoms with E-state index >= 15 is 0 Å². The number of halogens is 1. The number of hydrogen-bond donors (Lipinski definition) is 0. The summed E-state index contributed by atoms with van der Waals surface area (Å²) in [6.45, 7) is 0. The van der Waals surface area contributed by atoms with Gasteiger partial charge in [-0.2, -0.15) is 0 Å². The van der Waals surface area contributed by atoms with Crippen LogP contribution in [0.3, 0.4) is 0 Å². The molecule has 0 bridgehead atoms. The molecular weight excluding hydrogens is 360 g/mol. The molecule has 2 rings (SSSR count). The largest absolute Gasteiger partial charge is 0.497 e. The lowest BCUT2D eigenvalue weighted by molar-refractivity contribution is 0.321. The third-order valence-corrected chi connectivity index (χ3v) is 4.27. The highest BCUT2D eigenvalue weighted by atomic mass is 79.9. The van der Waals surface area contributed by atoms with E-state index in [1.54, 1.807) is 28.4 Å². The Balaban J connectivity index is 2.26. The molecule has 0 atom stereocenters. The van der Waals surface area contributed by atoms with Crippen LogP contribution >= 0.6 is 15.9 Å².